The van der Waals surface area contributed by atoms with E-state index >= 15 is 0 Å². The van der Waals surface area contributed by atoms with Gasteiger partial charge in [0.05, 0.1) is 0 Å². The highest BCUT2D eigenvalue weighted by Gasteiger charge is 2.28. The van der Waals surface area contributed by atoms with Gasteiger partial charge in [0, 0.05) is 5.92 Å². The van der Waals surface area contributed by atoms with Crippen molar-refractivity contribution >= 4 is 6.47 Å². The van der Waals surface area contributed by atoms with Gasteiger partial charge < -0.3 is 4.74 Å². The molecule has 0 amide bonds. The number of rotatable bonds is 3. The van der Waals surface area contributed by atoms with Gasteiger partial charge in [-0.25, -0.2) is 0 Å². The third kappa shape index (κ3) is 1.61. The first-order valence-electron chi connectivity index (χ1n) is 6.06. The molecule has 2 aromatic carbocycles. The molecule has 2 nitrogen and oxygen atoms in total. The van der Waals surface area contributed by atoms with Gasteiger partial charge >= 0.3 is 0 Å². The average molecular weight is 238 g/mol. The van der Waals surface area contributed by atoms with Crippen LogP contribution in [0, 0.1) is 6.92 Å². The van der Waals surface area contributed by atoms with Crippen LogP contribution in [0.4, 0.5) is 0 Å². The minimum absolute atomic E-state index is 0.168. The van der Waals surface area contributed by atoms with Crippen molar-refractivity contribution in [3.63, 3.8) is 0 Å². The molecule has 0 saturated carbocycles. The van der Waals surface area contributed by atoms with E-state index in [0.717, 1.165) is 0 Å². The number of carbonyl (C=O) groups excluding carboxylic acids is 1. The second-order valence-corrected chi connectivity index (χ2v) is 4.66. The molecule has 1 unspecified atom stereocenters. The summed E-state index contributed by atoms with van der Waals surface area (Å²) in [7, 11) is 0. The molecule has 18 heavy (non-hydrogen) atoms. The lowest BCUT2D eigenvalue weighted by Crippen LogP contribution is -2.06. The molecule has 1 aliphatic carbocycles. The van der Waals surface area contributed by atoms with Crippen molar-refractivity contribution in [2.75, 3.05) is 6.61 Å². The molecular weight excluding hydrogens is 224 g/mol. The molecule has 0 aliphatic heterocycles. The van der Waals surface area contributed by atoms with E-state index in [1.807, 2.05) is 12.1 Å². The lowest BCUT2D eigenvalue weighted by molar-refractivity contribution is -0.128. The van der Waals surface area contributed by atoms with E-state index in [1.165, 1.54) is 27.8 Å². The SMILES string of the molecule is Cc1ccc2c(c1)C(COC=O)c1ccccc1-2. The Hall–Kier alpha value is -2.09. The number of fused-ring (bicyclic) bond motifs is 3. The van der Waals surface area contributed by atoms with Gasteiger partial charge in [0.25, 0.3) is 6.47 Å². The summed E-state index contributed by atoms with van der Waals surface area (Å²) in [4.78, 5) is 10.4. The highest BCUT2D eigenvalue weighted by molar-refractivity contribution is 5.79. The van der Waals surface area contributed by atoms with E-state index in [9.17, 15) is 4.79 Å². The predicted octanol–water partition coefficient (Wildman–Crippen LogP) is 3.28. The van der Waals surface area contributed by atoms with Gasteiger partial charge in [0.15, 0.2) is 0 Å². The summed E-state index contributed by atoms with van der Waals surface area (Å²) in [5, 5.41) is 0. The quantitative estimate of drug-likeness (QED) is 0.767. The summed E-state index contributed by atoms with van der Waals surface area (Å²) in [5.74, 6) is 0.168. The Morgan fingerprint density at radius 2 is 1.89 bits per heavy atom. The summed E-state index contributed by atoms with van der Waals surface area (Å²) >= 11 is 0. The Morgan fingerprint density at radius 3 is 2.72 bits per heavy atom. The maximum Gasteiger partial charge on any atom is 0.293 e. The molecular formula is C16H14O2. The molecule has 0 fully saturated rings. The maximum atomic E-state index is 10.4. The standard InChI is InChI=1S/C16H14O2/c1-11-6-7-14-12-4-2-3-5-13(12)16(9-18-10-17)15(14)8-11/h2-8,10,16H,9H2,1H3. The molecule has 90 valence electrons. The molecule has 3 rings (SSSR count). The second-order valence-electron chi connectivity index (χ2n) is 4.66. The fourth-order valence-electron chi connectivity index (χ4n) is 2.74. The molecule has 1 aliphatic rings. The largest absolute Gasteiger partial charge is 0.467 e. The van der Waals surface area contributed by atoms with Crippen LogP contribution < -0.4 is 0 Å². The molecule has 2 aromatic rings. The molecule has 0 saturated heterocycles. The highest BCUT2D eigenvalue weighted by Crippen LogP contribution is 2.44. The monoisotopic (exact) mass is 238 g/mol. The average Bonchev–Trinajstić information content (AvgIpc) is 2.70. The number of ether oxygens (including phenoxy) is 1. The maximum absolute atomic E-state index is 10.4. The molecule has 1 atom stereocenters. The van der Waals surface area contributed by atoms with Crippen molar-refractivity contribution in [1.82, 2.24) is 0 Å². The van der Waals surface area contributed by atoms with E-state index in [1.54, 1.807) is 0 Å². The van der Waals surface area contributed by atoms with Crippen LogP contribution in [0.25, 0.3) is 11.1 Å². The summed E-state index contributed by atoms with van der Waals surface area (Å²) in [6.45, 7) is 3.02. The molecule has 0 bridgehead atoms. The smallest absolute Gasteiger partial charge is 0.293 e. The first-order valence-corrected chi connectivity index (χ1v) is 6.06. The minimum Gasteiger partial charge on any atom is -0.467 e. The number of carbonyl (C=O) groups is 1. The fraction of sp³-hybridized carbons (Fsp3) is 0.188. The van der Waals surface area contributed by atoms with Crippen LogP contribution in [0.3, 0.4) is 0 Å². The molecule has 2 heteroatoms. The van der Waals surface area contributed by atoms with Crippen molar-refractivity contribution in [2.45, 2.75) is 12.8 Å². The third-order valence-corrected chi connectivity index (χ3v) is 3.54. The second kappa shape index (κ2) is 4.30. The fourth-order valence-corrected chi connectivity index (χ4v) is 2.74. The van der Waals surface area contributed by atoms with Crippen LogP contribution in [0.5, 0.6) is 0 Å². The van der Waals surface area contributed by atoms with Crippen LogP contribution in [0.15, 0.2) is 42.5 Å². The molecule has 0 spiro atoms. The Labute approximate surface area is 106 Å². The van der Waals surface area contributed by atoms with Gasteiger partial charge in [0.2, 0.25) is 0 Å². The zero-order valence-corrected chi connectivity index (χ0v) is 10.2. The zero-order chi connectivity index (χ0) is 12.5. The van der Waals surface area contributed by atoms with E-state index in [0.29, 0.717) is 13.1 Å². The van der Waals surface area contributed by atoms with Gasteiger partial charge in [0.1, 0.15) is 6.61 Å². The van der Waals surface area contributed by atoms with E-state index < -0.39 is 0 Å². The number of hydrogen-bond acceptors (Lipinski definition) is 2. The number of hydrogen-bond donors (Lipinski definition) is 0. The Balaban J connectivity index is 2.15. The normalized spacial score (nSPS) is 15.9. The van der Waals surface area contributed by atoms with Crippen LogP contribution in [-0.4, -0.2) is 13.1 Å². The summed E-state index contributed by atoms with van der Waals surface area (Å²) in [5.41, 5.74) is 6.26. The topological polar surface area (TPSA) is 26.3 Å². The van der Waals surface area contributed by atoms with Crippen molar-refractivity contribution in [1.29, 1.82) is 0 Å². The third-order valence-electron chi connectivity index (χ3n) is 3.54. The highest BCUT2D eigenvalue weighted by atomic mass is 16.5. The lowest BCUT2D eigenvalue weighted by atomic mass is 9.97. The number of benzene rings is 2. The summed E-state index contributed by atoms with van der Waals surface area (Å²) in [6.07, 6.45) is 0. The van der Waals surface area contributed by atoms with Gasteiger partial charge in [-0.15, -0.1) is 0 Å². The van der Waals surface area contributed by atoms with Crippen molar-refractivity contribution < 1.29 is 9.53 Å². The summed E-state index contributed by atoms with van der Waals surface area (Å²) in [6, 6.07) is 14.8. The molecule has 0 aromatic heterocycles. The van der Waals surface area contributed by atoms with E-state index in [-0.39, 0.29) is 5.92 Å². The first kappa shape index (κ1) is 11.0. The first-order chi connectivity index (χ1) is 8.81. The van der Waals surface area contributed by atoms with Crippen molar-refractivity contribution in [2.24, 2.45) is 0 Å². The Kier molecular flexibility index (Phi) is 2.63. The van der Waals surface area contributed by atoms with E-state index in [2.05, 4.69) is 37.3 Å². The number of aryl methyl sites for hydroxylation is 1. The van der Waals surface area contributed by atoms with Crippen LogP contribution >= 0.6 is 0 Å². The van der Waals surface area contributed by atoms with Crippen LogP contribution in [0.1, 0.15) is 22.6 Å². The van der Waals surface area contributed by atoms with Gasteiger partial charge in [-0.05, 0) is 29.2 Å². The molecule has 0 N–H and O–H groups in total. The predicted molar refractivity (Wildman–Crippen MR) is 70.5 cm³/mol. The summed E-state index contributed by atoms with van der Waals surface area (Å²) < 4.78 is 4.99. The zero-order valence-electron chi connectivity index (χ0n) is 10.2. The van der Waals surface area contributed by atoms with Crippen molar-refractivity contribution in [3.8, 4) is 11.1 Å². The lowest BCUT2D eigenvalue weighted by Gasteiger charge is -2.12. The van der Waals surface area contributed by atoms with Gasteiger partial charge in [-0.1, -0.05) is 48.0 Å². The van der Waals surface area contributed by atoms with Gasteiger partial charge in [-0.3, -0.25) is 4.79 Å². The minimum atomic E-state index is 0.168. The molecule has 0 radical (unpaired) electrons. The molecule has 0 heterocycles. The van der Waals surface area contributed by atoms with Crippen molar-refractivity contribution in [3.05, 3.63) is 59.2 Å². The Morgan fingerprint density at radius 1 is 1.11 bits per heavy atom. The Bertz CT molecular complexity index is 602. The van der Waals surface area contributed by atoms with Gasteiger partial charge in [-0.2, -0.15) is 0 Å². The van der Waals surface area contributed by atoms with Crippen LogP contribution in [0.2, 0.25) is 0 Å². The van der Waals surface area contributed by atoms with E-state index in [4.69, 9.17) is 4.74 Å². The van der Waals surface area contributed by atoms with Crippen LogP contribution in [-0.2, 0) is 9.53 Å².